The van der Waals surface area contributed by atoms with Crippen LogP contribution in [-0.2, 0) is 11.2 Å². The van der Waals surface area contributed by atoms with E-state index < -0.39 is 12.0 Å². The highest BCUT2D eigenvalue weighted by Crippen LogP contribution is 2.48. The largest absolute Gasteiger partial charge is 0.495 e. The second kappa shape index (κ2) is 10.3. The molecule has 2 aliphatic rings. The van der Waals surface area contributed by atoms with E-state index in [0.717, 1.165) is 11.1 Å². The molecule has 2 amide bonds. The first-order chi connectivity index (χ1) is 18.0. The van der Waals surface area contributed by atoms with Crippen molar-refractivity contribution in [3.05, 3.63) is 81.9 Å². The first kappa shape index (κ1) is 25.0. The first-order valence-electron chi connectivity index (χ1n) is 12.4. The molecule has 0 aromatic heterocycles. The van der Waals surface area contributed by atoms with Crippen LogP contribution in [0.5, 0.6) is 17.2 Å². The van der Waals surface area contributed by atoms with Crippen molar-refractivity contribution < 1.29 is 23.8 Å². The molecule has 3 aromatic carbocycles. The number of amides is 2. The molecule has 37 heavy (non-hydrogen) atoms. The van der Waals surface area contributed by atoms with Crippen molar-refractivity contribution in [2.24, 2.45) is 0 Å². The van der Waals surface area contributed by atoms with Crippen molar-refractivity contribution in [2.45, 2.75) is 32.2 Å². The number of nitrogens with zero attached hydrogens (tertiary/aromatic N) is 1. The maximum absolute atomic E-state index is 14.0. The average molecular weight is 521 g/mol. The summed E-state index contributed by atoms with van der Waals surface area (Å²) < 4.78 is 17.0. The number of carbonyl (C=O) groups excluding carboxylic acids is 2. The number of hydrogen-bond donors (Lipinski definition) is 1. The lowest BCUT2D eigenvalue weighted by Crippen LogP contribution is -2.49. The third-order valence-corrected chi connectivity index (χ3v) is 7.18. The molecule has 8 heteroatoms. The summed E-state index contributed by atoms with van der Waals surface area (Å²) in [5.41, 5.74) is 3.74. The normalized spacial score (nSPS) is 17.8. The summed E-state index contributed by atoms with van der Waals surface area (Å²) in [5.74, 6) is 0.867. The van der Waals surface area contributed by atoms with Crippen LogP contribution >= 0.6 is 11.6 Å². The Morgan fingerprint density at radius 1 is 1.00 bits per heavy atom. The van der Waals surface area contributed by atoms with Gasteiger partial charge in [0.25, 0.3) is 5.91 Å². The Hall–Kier alpha value is -3.71. The van der Waals surface area contributed by atoms with Gasteiger partial charge in [0.05, 0.1) is 37.3 Å². The van der Waals surface area contributed by atoms with Crippen LogP contribution in [0.25, 0.3) is 0 Å². The van der Waals surface area contributed by atoms with E-state index in [9.17, 15) is 9.59 Å². The minimum atomic E-state index is -0.638. The number of carbonyl (C=O) groups is 2. The van der Waals surface area contributed by atoms with Crippen molar-refractivity contribution in [3.8, 4) is 17.2 Å². The van der Waals surface area contributed by atoms with E-state index in [2.05, 4.69) is 5.32 Å². The standard InChI is InChI=1S/C29H29ClN2O5/c1-4-36-24-14-17-12-13-32-27(21(17)16-25(24)37-5-2)26(19-8-6-7-9-20(19)29(32)34)28(33)31-18-10-11-23(35-3)22(30)15-18/h6-11,14-16,26-27H,4-5,12-13H2,1-3H3,(H,31,33). The molecule has 0 aliphatic carbocycles. The Kier molecular flexibility index (Phi) is 6.98. The van der Waals surface area contributed by atoms with E-state index in [4.69, 9.17) is 25.8 Å². The maximum atomic E-state index is 14.0. The molecule has 0 bridgehead atoms. The van der Waals surface area contributed by atoms with Crippen LogP contribution in [0.2, 0.25) is 5.02 Å². The van der Waals surface area contributed by atoms with Crippen LogP contribution in [0.4, 0.5) is 5.69 Å². The minimum Gasteiger partial charge on any atom is -0.495 e. The monoisotopic (exact) mass is 520 g/mol. The van der Waals surface area contributed by atoms with Gasteiger partial charge in [0.2, 0.25) is 5.91 Å². The number of benzene rings is 3. The number of fused-ring (bicyclic) bond motifs is 4. The van der Waals surface area contributed by atoms with Gasteiger partial charge in [-0.1, -0.05) is 29.8 Å². The average Bonchev–Trinajstić information content (AvgIpc) is 2.89. The quantitative estimate of drug-likeness (QED) is 0.437. The molecule has 2 aliphatic heterocycles. The zero-order valence-electron chi connectivity index (χ0n) is 21.0. The third kappa shape index (κ3) is 4.48. The molecular formula is C29H29ClN2O5. The van der Waals surface area contributed by atoms with E-state index in [1.807, 2.05) is 49.1 Å². The number of hydrogen-bond acceptors (Lipinski definition) is 5. The fourth-order valence-electron chi connectivity index (χ4n) is 5.32. The molecule has 3 aromatic rings. The van der Waals surface area contributed by atoms with E-state index >= 15 is 0 Å². The topological polar surface area (TPSA) is 77.1 Å². The molecule has 1 N–H and O–H groups in total. The van der Waals surface area contributed by atoms with Gasteiger partial charge in [0.1, 0.15) is 5.75 Å². The second-order valence-corrected chi connectivity index (χ2v) is 9.37. The number of halogens is 1. The van der Waals surface area contributed by atoms with E-state index in [1.54, 1.807) is 24.3 Å². The molecule has 2 atom stereocenters. The van der Waals surface area contributed by atoms with Gasteiger partial charge in [0.15, 0.2) is 11.5 Å². The summed E-state index contributed by atoms with van der Waals surface area (Å²) in [6, 6.07) is 15.9. The van der Waals surface area contributed by atoms with E-state index in [-0.39, 0.29) is 11.8 Å². The molecular weight excluding hydrogens is 492 g/mol. The third-order valence-electron chi connectivity index (χ3n) is 6.89. The van der Waals surface area contributed by atoms with Gasteiger partial charge in [-0.2, -0.15) is 0 Å². The van der Waals surface area contributed by atoms with Gasteiger partial charge in [-0.05, 0) is 73.4 Å². The molecule has 0 spiro atoms. The second-order valence-electron chi connectivity index (χ2n) is 8.96. The van der Waals surface area contributed by atoms with Gasteiger partial charge in [-0.3, -0.25) is 9.59 Å². The van der Waals surface area contributed by atoms with E-state index in [1.165, 1.54) is 7.11 Å². The maximum Gasteiger partial charge on any atom is 0.254 e. The van der Waals surface area contributed by atoms with Crippen LogP contribution in [-0.4, -0.2) is 43.6 Å². The predicted octanol–water partition coefficient (Wildman–Crippen LogP) is 5.62. The molecule has 7 nitrogen and oxygen atoms in total. The van der Waals surface area contributed by atoms with Gasteiger partial charge in [-0.15, -0.1) is 0 Å². The Balaban J connectivity index is 1.62. The Labute approximate surface area is 221 Å². The number of rotatable bonds is 7. The van der Waals surface area contributed by atoms with Crippen LogP contribution in [0.15, 0.2) is 54.6 Å². The molecule has 0 saturated heterocycles. The minimum absolute atomic E-state index is 0.0744. The van der Waals surface area contributed by atoms with Gasteiger partial charge >= 0.3 is 0 Å². The Morgan fingerprint density at radius 3 is 2.43 bits per heavy atom. The summed E-state index contributed by atoms with van der Waals surface area (Å²) in [4.78, 5) is 29.4. The number of nitrogens with one attached hydrogen (secondary N) is 1. The highest BCUT2D eigenvalue weighted by Gasteiger charge is 2.46. The molecule has 0 radical (unpaired) electrons. The summed E-state index contributed by atoms with van der Waals surface area (Å²) in [7, 11) is 1.54. The summed E-state index contributed by atoms with van der Waals surface area (Å²) in [5, 5.41) is 3.42. The predicted molar refractivity (Wildman–Crippen MR) is 142 cm³/mol. The summed E-state index contributed by atoms with van der Waals surface area (Å²) in [6.45, 7) is 5.33. The molecule has 5 rings (SSSR count). The molecule has 2 heterocycles. The van der Waals surface area contributed by atoms with Crippen molar-refractivity contribution >= 4 is 29.1 Å². The van der Waals surface area contributed by atoms with Crippen molar-refractivity contribution in [2.75, 3.05) is 32.2 Å². The molecule has 0 saturated carbocycles. The summed E-state index contributed by atoms with van der Waals surface area (Å²) >= 11 is 6.31. The molecule has 0 fully saturated rings. The number of methoxy groups -OCH3 is 1. The van der Waals surface area contributed by atoms with Gasteiger partial charge < -0.3 is 24.4 Å². The lowest BCUT2D eigenvalue weighted by molar-refractivity contribution is -0.119. The summed E-state index contributed by atoms with van der Waals surface area (Å²) in [6.07, 6.45) is 0.661. The fourth-order valence-corrected chi connectivity index (χ4v) is 5.58. The highest BCUT2D eigenvalue weighted by atomic mass is 35.5. The molecule has 192 valence electrons. The molecule has 2 unspecified atom stereocenters. The lowest BCUT2D eigenvalue weighted by atomic mass is 9.75. The lowest BCUT2D eigenvalue weighted by Gasteiger charge is -2.45. The van der Waals surface area contributed by atoms with Crippen LogP contribution < -0.4 is 19.5 Å². The first-order valence-corrected chi connectivity index (χ1v) is 12.8. The van der Waals surface area contributed by atoms with Crippen LogP contribution in [0, 0.1) is 0 Å². The van der Waals surface area contributed by atoms with Crippen molar-refractivity contribution in [1.82, 2.24) is 4.90 Å². The van der Waals surface area contributed by atoms with E-state index in [0.29, 0.717) is 65.3 Å². The smallest absolute Gasteiger partial charge is 0.254 e. The Bertz CT molecular complexity index is 1360. The van der Waals surface area contributed by atoms with Crippen molar-refractivity contribution in [3.63, 3.8) is 0 Å². The van der Waals surface area contributed by atoms with Gasteiger partial charge in [-0.25, -0.2) is 0 Å². The van der Waals surface area contributed by atoms with Gasteiger partial charge in [0, 0.05) is 17.8 Å². The fraction of sp³-hybridized carbons (Fsp3) is 0.310. The van der Waals surface area contributed by atoms with Crippen molar-refractivity contribution in [1.29, 1.82) is 0 Å². The Morgan fingerprint density at radius 2 is 1.73 bits per heavy atom. The SMILES string of the molecule is CCOc1cc2c(cc1OCC)C1C(C(=O)Nc3ccc(OC)c(Cl)c3)c3ccccc3C(=O)N1CC2. The van der Waals surface area contributed by atoms with Crippen LogP contribution in [0.1, 0.15) is 52.9 Å². The number of ether oxygens (including phenoxy) is 3. The number of anilines is 1. The zero-order chi connectivity index (χ0) is 26.1. The highest BCUT2D eigenvalue weighted by molar-refractivity contribution is 6.32. The zero-order valence-corrected chi connectivity index (χ0v) is 21.8. The van der Waals surface area contributed by atoms with Crippen LogP contribution in [0.3, 0.4) is 0 Å².